The molecule has 6 nitrogen and oxygen atoms in total. The SMILES string of the molecule is Cc1ccc2c(c1)N(c1ccc(NC(=O)CC(C)C)cc1)C(=O)N(C1CCCCCCCCC1)N=C2C1CCCCC1. The Balaban J connectivity index is 1.55. The van der Waals surface area contributed by atoms with Gasteiger partial charge in [0.15, 0.2) is 0 Å². The van der Waals surface area contributed by atoms with E-state index in [1.54, 1.807) is 0 Å². The molecule has 0 atom stereocenters. The van der Waals surface area contributed by atoms with Crippen LogP contribution in [0.2, 0.25) is 0 Å². The number of anilines is 3. The summed E-state index contributed by atoms with van der Waals surface area (Å²) in [5, 5.41) is 10.3. The molecule has 0 bridgehead atoms. The maximum absolute atomic E-state index is 14.8. The summed E-state index contributed by atoms with van der Waals surface area (Å²) in [6.07, 6.45) is 17.1. The summed E-state index contributed by atoms with van der Waals surface area (Å²) >= 11 is 0. The largest absolute Gasteiger partial charge is 0.349 e. The van der Waals surface area contributed by atoms with Crippen molar-refractivity contribution in [3.63, 3.8) is 0 Å². The van der Waals surface area contributed by atoms with Gasteiger partial charge in [-0.05, 0) is 74.4 Å². The molecule has 3 amide bonds. The number of amides is 3. The average molecular weight is 571 g/mol. The van der Waals surface area contributed by atoms with Gasteiger partial charge in [-0.2, -0.15) is 5.10 Å². The molecule has 2 aromatic carbocycles. The van der Waals surface area contributed by atoms with Crippen molar-refractivity contribution in [2.24, 2.45) is 16.9 Å². The van der Waals surface area contributed by atoms with E-state index in [4.69, 9.17) is 5.10 Å². The molecule has 0 spiro atoms. The molecule has 2 aromatic rings. The molecule has 226 valence electrons. The summed E-state index contributed by atoms with van der Waals surface area (Å²) in [7, 11) is 0. The van der Waals surface area contributed by atoms with Crippen molar-refractivity contribution in [3.8, 4) is 0 Å². The third-order valence-electron chi connectivity index (χ3n) is 9.19. The average Bonchev–Trinajstić information content (AvgIpc) is 3.10. The molecule has 1 aliphatic heterocycles. The highest BCUT2D eigenvalue weighted by atomic mass is 16.2. The Bertz CT molecular complexity index is 1240. The molecule has 3 aliphatic rings. The van der Waals surface area contributed by atoms with E-state index in [1.165, 1.54) is 51.4 Å². The van der Waals surface area contributed by atoms with Crippen molar-refractivity contribution < 1.29 is 9.59 Å². The van der Waals surface area contributed by atoms with Crippen LogP contribution in [-0.4, -0.2) is 28.7 Å². The Labute approximate surface area is 252 Å². The summed E-state index contributed by atoms with van der Waals surface area (Å²) in [6.45, 7) is 6.18. The summed E-state index contributed by atoms with van der Waals surface area (Å²) in [4.78, 5) is 29.1. The van der Waals surface area contributed by atoms with E-state index < -0.39 is 0 Å². The van der Waals surface area contributed by atoms with Crippen molar-refractivity contribution >= 4 is 34.7 Å². The number of hydrazone groups is 1. The molecule has 6 heteroatoms. The van der Waals surface area contributed by atoms with Gasteiger partial charge in [0.25, 0.3) is 0 Å². The minimum atomic E-state index is -0.0636. The number of carbonyl (C=O) groups excluding carboxylic acids is 2. The Morgan fingerprint density at radius 3 is 2.10 bits per heavy atom. The molecular formula is C36H50N4O2. The zero-order valence-electron chi connectivity index (χ0n) is 26.0. The van der Waals surface area contributed by atoms with Gasteiger partial charge in [-0.15, -0.1) is 0 Å². The van der Waals surface area contributed by atoms with Crippen LogP contribution >= 0.6 is 0 Å². The Hall–Kier alpha value is -3.15. The highest BCUT2D eigenvalue weighted by molar-refractivity contribution is 6.14. The van der Waals surface area contributed by atoms with E-state index in [0.717, 1.165) is 72.4 Å². The number of nitrogens with zero attached hydrogens (tertiary/aromatic N) is 3. The fourth-order valence-corrected chi connectivity index (χ4v) is 6.94. The van der Waals surface area contributed by atoms with E-state index >= 15 is 0 Å². The molecule has 2 aliphatic carbocycles. The third-order valence-corrected chi connectivity index (χ3v) is 9.19. The molecule has 1 heterocycles. The monoisotopic (exact) mass is 570 g/mol. The second-order valence-corrected chi connectivity index (χ2v) is 13.2. The van der Waals surface area contributed by atoms with Crippen LogP contribution in [-0.2, 0) is 4.79 Å². The fraction of sp³-hybridized carbons (Fsp3) is 0.583. The van der Waals surface area contributed by atoms with Crippen molar-refractivity contribution in [3.05, 3.63) is 53.6 Å². The van der Waals surface area contributed by atoms with Crippen LogP contribution < -0.4 is 10.2 Å². The third kappa shape index (κ3) is 7.43. The summed E-state index contributed by atoms with van der Waals surface area (Å²) in [5.41, 5.74) is 5.77. The molecule has 2 saturated carbocycles. The minimum Gasteiger partial charge on any atom is -0.326 e. The summed E-state index contributed by atoms with van der Waals surface area (Å²) < 4.78 is 0. The van der Waals surface area contributed by atoms with Crippen LogP contribution in [0, 0.1) is 18.8 Å². The number of nitrogens with one attached hydrogen (secondary N) is 1. The Kier molecular flexibility index (Phi) is 10.4. The normalized spacial score (nSPS) is 19.7. The molecule has 5 rings (SSSR count). The van der Waals surface area contributed by atoms with E-state index in [0.29, 0.717) is 18.3 Å². The first-order valence-electron chi connectivity index (χ1n) is 16.6. The van der Waals surface area contributed by atoms with Gasteiger partial charge >= 0.3 is 6.03 Å². The molecule has 0 saturated heterocycles. The van der Waals surface area contributed by atoms with Crippen molar-refractivity contribution in [1.82, 2.24) is 5.01 Å². The predicted molar refractivity (Wildman–Crippen MR) is 174 cm³/mol. The second kappa shape index (κ2) is 14.3. The number of benzene rings is 2. The number of hydrogen-bond acceptors (Lipinski definition) is 3. The zero-order chi connectivity index (χ0) is 29.5. The standard InChI is InChI=1S/C36H50N4O2/c1-26(2)24-34(41)37-29-19-21-30(22-20-29)39-33-25-27(3)18-23-32(33)35(28-14-10-9-11-15-28)38-40(36(39)42)31-16-12-7-5-4-6-8-13-17-31/h18-23,25-26,28,31H,4-17,24H2,1-3H3,(H,37,41). The smallest absolute Gasteiger partial charge is 0.326 e. The quantitative estimate of drug-likeness (QED) is 0.376. The molecule has 0 unspecified atom stereocenters. The number of fused-ring (bicyclic) bond motifs is 1. The lowest BCUT2D eigenvalue weighted by molar-refractivity contribution is -0.116. The van der Waals surface area contributed by atoms with Crippen LogP contribution in [0.3, 0.4) is 0 Å². The van der Waals surface area contributed by atoms with Crippen LogP contribution in [0.4, 0.5) is 21.9 Å². The van der Waals surface area contributed by atoms with Gasteiger partial charge in [0.05, 0.1) is 23.1 Å². The minimum absolute atomic E-state index is 0.0114. The first kappa shape index (κ1) is 30.3. The van der Waals surface area contributed by atoms with Gasteiger partial charge in [0.2, 0.25) is 5.91 Å². The number of aryl methyl sites for hydroxylation is 1. The molecule has 1 N–H and O–H groups in total. The number of carbonyl (C=O) groups is 2. The molecular weight excluding hydrogens is 520 g/mol. The van der Waals surface area contributed by atoms with Crippen LogP contribution in [0.25, 0.3) is 0 Å². The topological polar surface area (TPSA) is 65.0 Å². The highest BCUT2D eigenvalue weighted by Gasteiger charge is 2.37. The van der Waals surface area contributed by atoms with Crippen molar-refractivity contribution in [1.29, 1.82) is 0 Å². The zero-order valence-corrected chi connectivity index (χ0v) is 26.0. The van der Waals surface area contributed by atoms with Crippen LogP contribution in [0.15, 0.2) is 47.6 Å². The molecule has 0 radical (unpaired) electrons. The number of rotatable bonds is 6. The van der Waals surface area contributed by atoms with Gasteiger partial charge in [0, 0.05) is 23.6 Å². The number of urea groups is 1. The lowest BCUT2D eigenvalue weighted by atomic mass is 9.82. The van der Waals surface area contributed by atoms with E-state index in [1.807, 2.05) is 48.0 Å². The summed E-state index contributed by atoms with van der Waals surface area (Å²) in [5.74, 6) is 0.677. The van der Waals surface area contributed by atoms with Gasteiger partial charge in [-0.3, -0.25) is 9.69 Å². The summed E-state index contributed by atoms with van der Waals surface area (Å²) in [6, 6.07) is 14.3. The molecule has 42 heavy (non-hydrogen) atoms. The highest BCUT2D eigenvalue weighted by Crippen LogP contribution is 2.39. The maximum atomic E-state index is 14.8. The van der Waals surface area contributed by atoms with Crippen LogP contribution in [0.5, 0.6) is 0 Å². The fourth-order valence-electron chi connectivity index (χ4n) is 6.94. The predicted octanol–water partition coefficient (Wildman–Crippen LogP) is 9.73. The van der Waals surface area contributed by atoms with E-state index in [2.05, 4.69) is 30.4 Å². The Morgan fingerprint density at radius 1 is 0.857 bits per heavy atom. The lowest BCUT2D eigenvalue weighted by Gasteiger charge is -2.32. The van der Waals surface area contributed by atoms with Crippen molar-refractivity contribution in [2.45, 2.75) is 123 Å². The maximum Gasteiger partial charge on any atom is 0.349 e. The Morgan fingerprint density at radius 2 is 1.45 bits per heavy atom. The first-order chi connectivity index (χ1) is 20.4. The van der Waals surface area contributed by atoms with Gasteiger partial charge in [-0.25, -0.2) is 9.80 Å². The van der Waals surface area contributed by atoms with E-state index in [9.17, 15) is 9.59 Å². The lowest BCUT2D eigenvalue weighted by Crippen LogP contribution is -2.43. The van der Waals surface area contributed by atoms with Crippen LogP contribution in [0.1, 0.15) is 121 Å². The molecule has 0 aromatic heterocycles. The van der Waals surface area contributed by atoms with Gasteiger partial charge < -0.3 is 5.32 Å². The second-order valence-electron chi connectivity index (χ2n) is 13.2. The van der Waals surface area contributed by atoms with Crippen molar-refractivity contribution in [2.75, 3.05) is 10.2 Å². The van der Waals surface area contributed by atoms with Gasteiger partial charge in [0.1, 0.15) is 0 Å². The van der Waals surface area contributed by atoms with Gasteiger partial charge in [-0.1, -0.05) is 90.2 Å². The number of hydrogen-bond donors (Lipinski definition) is 1. The first-order valence-corrected chi connectivity index (χ1v) is 16.6. The molecule has 2 fully saturated rings. The van der Waals surface area contributed by atoms with E-state index in [-0.39, 0.29) is 18.0 Å².